The predicted octanol–water partition coefficient (Wildman–Crippen LogP) is 2.39. The highest BCUT2D eigenvalue weighted by Crippen LogP contribution is 2.44. The van der Waals surface area contributed by atoms with Crippen LogP contribution in [-0.2, 0) is 9.59 Å². The molecule has 0 radical (unpaired) electrons. The highest BCUT2D eigenvalue weighted by molar-refractivity contribution is 6.01. The van der Waals surface area contributed by atoms with Crippen LogP contribution in [-0.4, -0.2) is 35.7 Å². The summed E-state index contributed by atoms with van der Waals surface area (Å²) in [6, 6.07) is 11.6. The number of hydrogen-bond donors (Lipinski definition) is 2. The number of rotatable bonds is 1. The minimum atomic E-state index is -0.165. The Kier molecular flexibility index (Phi) is 3.06. The van der Waals surface area contributed by atoms with E-state index in [4.69, 9.17) is 4.74 Å². The van der Waals surface area contributed by atoms with Gasteiger partial charge in [0.25, 0.3) is 5.91 Å². The summed E-state index contributed by atoms with van der Waals surface area (Å²) in [4.78, 5) is 25.9. The average Bonchev–Trinajstić information content (AvgIpc) is 3.07. The Hall–Kier alpha value is -3.35. The molecule has 0 saturated carbocycles. The van der Waals surface area contributed by atoms with Crippen LogP contribution in [0.4, 0.5) is 11.4 Å². The molecule has 0 saturated heterocycles. The van der Waals surface area contributed by atoms with Crippen molar-refractivity contribution in [1.29, 1.82) is 0 Å². The molecule has 0 bridgehead atoms. The number of ether oxygens (including phenoxy) is 1. The highest BCUT2D eigenvalue weighted by Gasteiger charge is 2.32. The van der Waals surface area contributed by atoms with Gasteiger partial charge in [-0.1, -0.05) is 18.2 Å². The van der Waals surface area contributed by atoms with Gasteiger partial charge in [0, 0.05) is 36.5 Å². The number of benzene rings is 2. The van der Waals surface area contributed by atoms with E-state index >= 15 is 0 Å². The van der Waals surface area contributed by atoms with Gasteiger partial charge in [-0.3, -0.25) is 14.7 Å². The highest BCUT2D eigenvalue weighted by atomic mass is 16.5. The van der Waals surface area contributed by atoms with Gasteiger partial charge in [-0.2, -0.15) is 5.10 Å². The lowest BCUT2D eigenvalue weighted by molar-refractivity contribution is -0.121. The van der Waals surface area contributed by atoms with Gasteiger partial charge in [0.05, 0.1) is 16.9 Å². The number of hydrogen-bond acceptors (Lipinski definition) is 4. The monoisotopic (exact) mass is 348 g/mol. The molecule has 0 aliphatic carbocycles. The van der Waals surface area contributed by atoms with Crippen LogP contribution in [0.3, 0.4) is 0 Å². The molecule has 0 spiro atoms. The third kappa shape index (κ3) is 2.10. The lowest BCUT2D eigenvalue weighted by Gasteiger charge is -2.31. The number of likely N-dealkylation sites (N-methyl/N-ethyl adjacent to an activating group) is 1. The van der Waals surface area contributed by atoms with Crippen LogP contribution in [0.25, 0.3) is 10.9 Å². The summed E-state index contributed by atoms with van der Waals surface area (Å²) < 4.78 is 5.54. The van der Waals surface area contributed by atoms with Crippen LogP contribution >= 0.6 is 0 Å². The fraction of sp³-hybridized carbons (Fsp3) is 0.211. The lowest BCUT2D eigenvalue weighted by atomic mass is 9.86. The van der Waals surface area contributed by atoms with E-state index in [9.17, 15) is 9.59 Å². The van der Waals surface area contributed by atoms with Crippen molar-refractivity contribution in [2.75, 3.05) is 23.9 Å². The summed E-state index contributed by atoms with van der Waals surface area (Å²) in [5.74, 6) is 0.283. The number of carbonyl (C=O) groups excluding carboxylic acids is 2. The summed E-state index contributed by atoms with van der Waals surface area (Å²) >= 11 is 0. The van der Waals surface area contributed by atoms with Gasteiger partial charge in [0.15, 0.2) is 6.61 Å². The van der Waals surface area contributed by atoms with Gasteiger partial charge in [-0.25, -0.2) is 0 Å². The van der Waals surface area contributed by atoms with Crippen molar-refractivity contribution < 1.29 is 14.3 Å². The molecular formula is C19H16N4O3. The number of aromatic nitrogens is 2. The van der Waals surface area contributed by atoms with Gasteiger partial charge in [0.2, 0.25) is 5.91 Å². The molecule has 3 heterocycles. The zero-order valence-corrected chi connectivity index (χ0v) is 14.1. The lowest BCUT2D eigenvalue weighted by Crippen LogP contribution is -2.36. The number of H-pyrrole nitrogens is 1. The Bertz CT molecular complexity index is 1070. The number of nitrogens with zero attached hydrogens (tertiary/aromatic N) is 2. The molecule has 5 rings (SSSR count). The predicted molar refractivity (Wildman–Crippen MR) is 96.5 cm³/mol. The SMILES string of the molecule is CN1C(=O)COc2cc3c(cc21)C(c1[nH]nc2ccccc12)CC(=O)N3. The third-order valence-corrected chi connectivity index (χ3v) is 5.10. The van der Waals surface area contributed by atoms with Crippen LogP contribution in [0.15, 0.2) is 36.4 Å². The molecule has 130 valence electrons. The van der Waals surface area contributed by atoms with E-state index < -0.39 is 0 Å². The van der Waals surface area contributed by atoms with E-state index in [-0.39, 0.29) is 24.3 Å². The summed E-state index contributed by atoms with van der Waals surface area (Å²) in [5, 5.41) is 11.4. The second-order valence-corrected chi connectivity index (χ2v) is 6.61. The van der Waals surface area contributed by atoms with Gasteiger partial charge >= 0.3 is 0 Å². The quantitative estimate of drug-likeness (QED) is 0.707. The van der Waals surface area contributed by atoms with Crippen LogP contribution in [0.1, 0.15) is 23.6 Å². The van der Waals surface area contributed by atoms with E-state index in [0.717, 1.165) is 22.2 Å². The molecule has 3 aromatic rings. The number of anilines is 2. The number of fused-ring (bicyclic) bond motifs is 3. The molecule has 2 aliphatic rings. The molecule has 7 nitrogen and oxygen atoms in total. The largest absolute Gasteiger partial charge is 0.481 e. The Morgan fingerprint density at radius 3 is 2.96 bits per heavy atom. The van der Waals surface area contributed by atoms with Crippen molar-refractivity contribution in [3.63, 3.8) is 0 Å². The average molecular weight is 348 g/mol. The van der Waals surface area contributed by atoms with Crippen LogP contribution < -0.4 is 15.0 Å². The Morgan fingerprint density at radius 2 is 2.08 bits per heavy atom. The van der Waals surface area contributed by atoms with Crippen molar-refractivity contribution in [2.45, 2.75) is 12.3 Å². The second kappa shape index (κ2) is 5.32. The standard InChI is InChI=1S/C19H16N4O3/c1-23-15-6-11-12(19-10-4-2-3-5-13(10)21-22-19)7-17(24)20-14(11)8-16(15)26-9-18(23)25/h2-6,8,12H,7,9H2,1H3,(H,20,24)(H,21,22). The van der Waals surface area contributed by atoms with Gasteiger partial charge < -0.3 is 15.0 Å². The Morgan fingerprint density at radius 1 is 1.23 bits per heavy atom. The minimum absolute atomic E-state index is 0.00481. The fourth-order valence-corrected chi connectivity index (χ4v) is 3.73. The maximum absolute atomic E-state index is 12.3. The third-order valence-electron chi connectivity index (χ3n) is 5.10. The molecular weight excluding hydrogens is 332 g/mol. The van der Waals surface area contributed by atoms with Gasteiger partial charge in [-0.15, -0.1) is 0 Å². The summed E-state index contributed by atoms with van der Waals surface area (Å²) in [6.07, 6.45) is 0.316. The maximum atomic E-state index is 12.3. The first-order chi connectivity index (χ1) is 12.6. The zero-order valence-electron chi connectivity index (χ0n) is 14.1. The van der Waals surface area contributed by atoms with E-state index in [1.807, 2.05) is 30.3 Å². The molecule has 26 heavy (non-hydrogen) atoms. The van der Waals surface area contributed by atoms with Crippen molar-refractivity contribution in [3.05, 3.63) is 47.7 Å². The van der Waals surface area contributed by atoms with E-state index in [0.29, 0.717) is 23.5 Å². The normalized spacial score (nSPS) is 19.0. The first kappa shape index (κ1) is 14.9. The molecule has 2 amide bonds. The molecule has 2 aliphatic heterocycles. The summed E-state index contributed by atoms with van der Waals surface area (Å²) in [5.41, 5.74) is 4.14. The first-order valence-electron chi connectivity index (χ1n) is 8.42. The molecule has 7 heteroatoms. The number of carbonyl (C=O) groups is 2. The number of para-hydroxylation sites is 1. The van der Waals surface area contributed by atoms with E-state index in [1.54, 1.807) is 18.0 Å². The van der Waals surface area contributed by atoms with Crippen molar-refractivity contribution in [2.24, 2.45) is 0 Å². The number of nitrogens with one attached hydrogen (secondary N) is 2. The Labute approximate surface area is 148 Å². The second-order valence-electron chi connectivity index (χ2n) is 6.61. The van der Waals surface area contributed by atoms with Gasteiger partial charge in [-0.05, 0) is 17.7 Å². The molecule has 1 unspecified atom stereocenters. The van der Waals surface area contributed by atoms with E-state index in [1.165, 1.54) is 0 Å². The summed E-state index contributed by atoms with van der Waals surface area (Å²) in [6.45, 7) is 0.00481. The molecule has 1 atom stereocenters. The van der Waals surface area contributed by atoms with Crippen LogP contribution in [0.2, 0.25) is 0 Å². The fourth-order valence-electron chi connectivity index (χ4n) is 3.73. The minimum Gasteiger partial charge on any atom is -0.481 e. The van der Waals surface area contributed by atoms with Gasteiger partial charge in [0.1, 0.15) is 5.75 Å². The Balaban J connectivity index is 1.70. The molecule has 1 aromatic heterocycles. The molecule has 2 N–H and O–H groups in total. The van der Waals surface area contributed by atoms with Crippen molar-refractivity contribution in [3.8, 4) is 5.75 Å². The van der Waals surface area contributed by atoms with Crippen LogP contribution in [0.5, 0.6) is 5.75 Å². The topological polar surface area (TPSA) is 87.3 Å². The zero-order chi connectivity index (χ0) is 17.8. The number of amides is 2. The molecule has 2 aromatic carbocycles. The smallest absolute Gasteiger partial charge is 0.264 e. The summed E-state index contributed by atoms with van der Waals surface area (Å²) in [7, 11) is 1.73. The van der Waals surface area contributed by atoms with Crippen molar-refractivity contribution >= 4 is 34.1 Å². The van der Waals surface area contributed by atoms with E-state index in [2.05, 4.69) is 15.5 Å². The van der Waals surface area contributed by atoms with Crippen molar-refractivity contribution in [1.82, 2.24) is 10.2 Å². The first-order valence-corrected chi connectivity index (χ1v) is 8.42. The van der Waals surface area contributed by atoms with Crippen LogP contribution in [0, 0.1) is 0 Å². The molecule has 0 fully saturated rings. The number of aromatic amines is 1. The maximum Gasteiger partial charge on any atom is 0.264 e.